The summed E-state index contributed by atoms with van der Waals surface area (Å²) in [5.41, 5.74) is -0.827. The zero-order chi connectivity index (χ0) is 11.2. The van der Waals surface area contributed by atoms with Gasteiger partial charge in [0.25, 0.3) is 0 Å². The van der Waals surface area contributed by atoms with Crippen molar-refractivity contribution in [2.75, 3.05) is 6.61 Å². The maximum absolute atomic E-state index is 10.4. The standard InChI is InChI=1S/C12H22O2/c1-5-10(3)12(14,8-7-9-13)11(4)6-2/h5-6,10-11,13-14H,1-2,7-9H2,3-4H3. The van der Waals surface area contributed by atoms with E-state index < -0.39 is 5.60 Å². The van der Waals surface area contributed by atoms with Crippen molar-refractivity contribution < 1.29 is 10.2 Å². The first-order valence-corrected chi connectivity index (χ1v) is 5.11. The van der Waals surface area contributed by atoms with Crippen LogP contribution >= 0.6 is 0 Å². The van der Waals surface area contributed by atoms with Crippen molar-refractivity contribution in [2.45, 2.75) is 32.3 Å². The highest BCUT2D eigenvalue weighted by molar-refractivity contribution is 5.01. The third-order valence-electron chi connectivity index (χ3n) is 3.02. The highest BCUT2D eigenvalue weighted by Gasteiger charge is 2.35. The van der Waals surface area contributed by atoms with Gasteiger partial charge in [-0.3, -0.25) is 0 Å². The quantitative estimate of drug-likeness (QED) is 0.615. The molecule has 0 radical (unpaired) electrons. The molecule has 2 heteroatoms. The first kappa shape index (κ1) is 13.4. The van der Waals surface area contributed by atoms with E-state index in [0.29, 0.717) is 12.8 Å². The van der Waals surface area contributed by atoms with Crippen molar-refractivity contribution in [1.82, 2.24) is 0 Å². The Morgan fingerprint density at radius 1 is 1.21 bits per heavy atom. The van der Waals surface area contributed by atoms with Gasteiger partial charge in [0.2, 0.25) is 0 Å². The smallest absolute Gasteiger partial charge is 0.0767 e. The molecule has 0 aromatic rings. The highest BCUT2D eigenvalue weighted by atomic mass is 16.3. The lowest BCUT2D eigenvalue weighted by molar-refractivity contribution is -0.0388. The first-order valence-electron chi connectivity index (χ1n) is 5.11. The number of aliphatic hydroxyl groups excluding tert-OH is 1. The van der Waals surface area contributed by atoms with Crippen LogP contribution in [0.4, 0.5) is 0 Å². The molecule has 0 aromatic heterocycles. The van der Waals surface area contributed by atoms with Gasteiger partial charge in [0, 0.05) is 18.4 Å². The van der Waals surface area contributed by atoms with E-state index >= 15 is 0 Å². The van der Waals surface area contributed by atoms with Crippen LogP contribution in [0.3, 0.4) is 0 Å². The molecule has 0 saturated carbocycles. The van der Waals surface area contributed by atoms with E-state index in [9.17, 15) is 5.11 Å². The summed E-state index contributed by atoms with van der Waals surface area (Å²) in [4.78, 5) is 0. The van der Waals surface area contributed by atoms with Gasteiger partial charge in [-0.1, -0.05) is 26.0 Å². The number of hydrogen-bond acceptors (Lipinski definition) is 2. The maximum Gasteiger partial charge on any atom is 0.0767 e. The molecule has 0 rings (SSSR count). The Labute approximate surface area is 87.0 Å². The van der Waals surface area contributed by atoms with E-state index in [1.54, 1.807) is 12.2 Å². The van der Waals surface area contributed by atoms with Crippen LogP contribution in [0, 0.1) is 11.8 Å². The molecule has 0 fully saturated rings. The third-order valence-corrected chi connectivity index (χ3v) is 3.02. The van der Waals surface area contributed by atoms with Crippen LogP contribution < -0.4 is 0 Å². The van der Waals surface area contributed by atoms with E-state index in [2.05, 4.69) is 13.2 Å². The van der Waals surface area contributed by atoms with E-state index in [4.69, 9.17) is 5.11 Å². The summed E-state index contributed by atoms with van der Waals surface area (Å²) >= 11 is 0. The van der Waals surface area contributed by atoms with Crippen LogP contribution in [0.1, 0.15) is 26.7 Å². The van der Waals surface area contributed by atoms with Crippen LogP contribution in [0.15, 0.2) is 25.3 Å². The lowest BCUT2D eigenvalue weighted by atomic mass is 9.75. The Bertz CT molecular complexity index is 173. The second kappa shape index (κ2) is 5.99. The van der Waals surface area contributed by atoms with Gasteiger partial charge in [-0.15, -0.1) is 13.2 Å². The summed E-state index contributed by atoms with van der Waals surface area (Å²) < 4.78 is 0. The Balaban J connectivity index is 4.63. The zero-order valence-corrected chi connectivity index (χ0v) is 9.24. The van der Waals surface area contributed by atoms with Crippen molar-refractivity contribution in [2.24, 2.45) is 11.8 Å². The molecule has 2 unspecified atom stereocenters. The molecule has 0 bridgehead atoms. The SMILES string of the molecule is C=CC(C)C(O)(CCCO)C(C)C=C. The Morgan fingerprint density at radius 2 is 1.64 bits per heavy atom. The van der Waals surface area contributed by atoms with E-state index in [-0.39, 0.29) is 18.4 Å². The average molecular weight is 198 g/mol. The second-order valence-corrected chi connectivity index (χ2v) is 3.87. The van der Waals surface area contributed by atoms with Gasteiger partial charge in [-0.2, -0.15) is 0 Å². The fourth-order valence-electron chi connectivity index (χ4n) is 1.64. The minimum atomic E-state index is -0.827. The molecule has 2 N–H and O–H groups in total. The molecule has 2 nitrogen and oxygen atoms in total. The molecular formula is C12H22O2. The molecule has 14 heavy (non-hydrogen) atoms. The van der Waals surface area contributed by atoms with Gasteiger partial charge in [-0.05, 0) is 12.8 Å². The van der Waals surface area contributed by atoms with Gasteiger partial charge in [0.15, 0.2) is 0 Å². The topological polar surface area (TPSA) is 40.5 Å². The van der Waals surface area contributed by atoms with Crippen molar-refractivity contribution in [1.29, 1.82) is 0 Å². The molecule has 2 atom stereocenters. The maximum atomic E-state index is 10.4. The van der Waals surface area contributed by atoms with Crippen molar-refractivity contribution >= 4 is 0 Å². The summed E-state index contributed by atoms with van der Waals surface area (Å²) in [5.74, 6) is 0.00380. The number of rotatable bonds is 7. The monoisotopic (exact) mass is 198 g/mol. The molecule has 0 aliphatic heterocycles. The Kier molecular flexibility index (Phi) is 5.73. The normalized spacial score (nSPS) is 19.4. The Morgan fingerprint density at radius 3 is 1.93 bits per heavy atom. The van der Waals surface area contributed by atoms with E-state index in [1.165, 1.54) is 0 Å². The van der Waals surface area contributed by atoms with Crippen molar-refractivity contribution in [3.05, 3.63) is 25.3 Å². The zero-order valence-electron chi connectivity index (χ0n) is 9.24. The predicted octanol–water partition coefficient (Wildman–Crippen LogP) is 2.13. The lowest BCUT2D eigenvalue weighted by Gasteiger charge is -2.36. The minimum Gasteiger partial charge on any atom is -0.396 e. The van der Waals surface area contributed by atoms with Crippen LogP contribution in [0.2, 0.25) is 0 Å². The molecule has 0 amide bonds. The average Bonchev–Trinajstić information content (AvgIpc) is 2.23. The molecular weight excluding hydrogens is 176 g/mol. The fourth-order valence-corrected chi connectivity index (χ4v) is 1.64. The van der Waals surface area contributed by atoms with Gasteiger partial charge in [-0.25, -0.2) is 0 Å². The fraction of sp³-hybridized carbons (Fsp3) is 0.667. The number of hydrogen-bond donors (Lipinski definition) is 2. The largest absolute Gasteiger partial charge is 0.396 e. The van der Waals surface area contributed by atoms with Gasteiger partial charge in [0.05, 0.1) is 5.60 Å². The molecule has 0 spiro atoms. The summed E-state index contributed by atoms with van der Waals surface area (Å²) in [6, 6.07) is 0. The van der Waals surface area contributed by atoms with Crippen LogP contribution in [0.5, 0.6) is 0 Å². The third kappa shape index (κ3) is 2.96. The Hall–Kier alpha value is -0.600. The van der Waals surface area contributed by atoms with Crippen LogP contribution in [0.25, 0.3) is 0 Å². The molecule has 0 aromatic carbocycles. The van der Waals surface area contributed by atoms with Gasteiger partial charge in [0.1, 0.15) is 0 Å². The molecule has 82 valence electrons. The first-order chi connectivity index (χ1) is 6.52. The predicted molar refractivity (Wildman–Crippen MR) is 60.0 cm³/mol. The van der Waals surface area contributed by atoms with Crippen LogP contribution in [-0.4, -0.2) is 22.4 Å². The molecule has 0 heterocycles. The second-order valence-electron chi connectivity index (χ2n) is 3.87. The minimum absolute atomic E-state index is 0.00190. The summed E-state index contributed by atoms with van der Waals surface area (Å²) in [5, 5.41) is 19.2. The lowest BCUT2D eigenvalue weighted by Crippen LogP contribution is -2.41. The van der Waals surface area contributed by atoms with Gasteiger partial charge >= 0.3 is 0 Å². The summed E-state index contributed by atoms with van der Waals surface area (Å²) in [7, 11) is 0. The van der Waals surface area contributed by atoms with Crippen molar-refractivity contribution in [3.63, 3.8) is 0 Å². The summed E-state index contributed by atoms with van der Waals surface area (Å²) in [6.45, 7) is 11.4. The van der Waals surface area contributed by atoms with Crippen LogP contribution in [-0.2, 0) is 0 Å². The number of aliphatic hydroxyl groups is 2. The molecule has 0 saturated heterocycles. The summed E-state index contributed by atoms with van der Waals surface area (Å²) in [6.07, 6.45) is 4.67. The van der Waals surface area contributed by atoms with Gasteiger partial charge < -0.3 is 10.2 Å². The van der Waals surface area contributed by atoms with Crippen molar-refractivity contribution in [3.8, 4) is 0 Å². The van der Waals surface area contributed by atoms with E-state index in [1.807, 2.05) is 13.8 Å². The molecule has 0 aliphatic carbocycles. The highest BCUT2D eigenvalue weighted by Crippen LogP contribution is 2.32. The van der Waals surface area contributed by atoms with E-state index in [0.717, 1.165) is 0 Å². The molecule has 0 aliphatic rings.